The first-order valence-electron chi connectivity index (χ1n) is 4.68. The molecule has 0 N–H and O–H groups in total. The average Bonchev–Trinajstić information content (AvgIpc) is 2.15. The summed E-state index contributed by atoms with van der Waals surface area (Å²) in [6.45, 7) is 8.85. The highest BCUT2D eigenvalue weighted by Crippen LogP contribution is 2.16. The predicted molar refractivity (Wildman–Crippen MR) is 55.6 cm³/mol. The monoisotopic (exact) mass is 204 g/mol. The molecule has 0 rings (SSSR count). The van der Waals surface area contributed by atoms with Crippen LogP contribution in [0.5, 0.6) is 0 Å². The van der Waals surface area contributed by atoms with Gasteiger partial charge in [-0.1, -0.05) is 6.08 Å². The van der Waals surface area contributed by atoms with Crippen LogP contribution in [0.1, 0.15) is 20.3 Å². The van der Waals surface area contributed by atoms with E-state index in [1.807, 2.05) is 19.9 Å². The SMILES string of the molecule is C=CCC[Si](OC)(OCC)OCC. The van der Waals surface area contributed by atoms with Gasteiger partial charge in [0.2, 0.25) is 0 Å². The van der Waals surface area contributed by atoms with Gasteiger partial charge in [-0.2, -0.15) is 0 Å². The van der Waals surface area contributed by atoms with Crippen LogP contribution in [0.3, 0.4) is 0 Å². The highest BCUT2D eigenvalue weighted by atomic mass is 28.4. The molecule has 0 bridgehead atoms. The normalized spacial score (nSPS) is 11.6. The molecule has 0 saturated carbocycles. The van der Waals surface area contributed by atoms with E-state index in [1.165, 1.54) is 0 Å². The van der Waals surface area contributed by atoms with Crippen LogP contribution in [0.15, 0.2) is 12.7 Å². The molecule has 3 nitrogen and oxygen atoms in total. The summed E-state index contributed by atoms with van der Waals surface area (Å²) in [4.78, 5) is 0. The van der Waals surface area contributed by atoms with Gasteiger partial charge in [-0.15, -0.1) is 6.58 Å². The van der Waals surface area contributed by atoms with Crippen molar-refractivity contribution in [2.75, 3.05) is 20.3 Å². The Balaban J connectivity index is 4.15. The van der Waals surface area contributed by atoms with Gasteiger partial charge in [0.25, 0.3) is 0 Å². The van der Waals surface area contributed by atoms with Gasteiger partial charge >= 0.3 is 8.80 Å². The van der Waals surface area contributed by atoms with E-state index in [0.29, 0.717) is 13.2 Å². The summed E-state index contributed by atoms with van der Waals surface area (Å²) in [5, 5.41) is 0. The van der Waals surface area contributed by atoms with E-state index in [-0.39, 0.29) is 0 Å². The molecule has 0 amide bonds. The maximum absolute atomic E-state index is 5.57. The van der Waals surface area contributed by atoms with E-state index in [1.54, 1.807) is 7.11 Å². The van der Waals surface area contributed by atoms with Gasteiger partial charge in [-0.3, -0.25) is 0 Å². The maximum Gasteiger partial charge on any atom is 0.500 e. The molecule has 0 fully saturated rings. The van der Waals surface area contributed by atoms with Crippen molar-refractivity contribution in [3.8, 4) is 0 Å². The molecule has 0 unspecified atom stereocenters. The van der Waals surface area contributed by atoms with Gasteiger partial charge in [0.15, 0.2) is 0 Å². The molecule has 78 valence electrons. The zero-order valence-electron chi connectivity index (χ0n) is 8.84. The minimum Gasteiger partial charge on any atom is -0.377 e. The van der Waals surface area contributed by atoms with Crippen LogP contribution < -0.4 is 0 Å². The smallest absolute Gasteiger partial charge is 0.377 e. The second-order valence-corrected chi connectivity index (χ2v) is 5.43. The Morgan fingerprint density at radius 2 is 1.77 bits per heavy atom. The van der Waals surface area contributed by atoms with E-state index in [9.17, 15) is 0 Å². The first kappa shape index (κ1) is 12.8. The summed E-state index contributed by atoms with van der Waals surface area (Å²) in [7, 11) is -0.708. The van der Waals surface area contributed by atoms with Crippen molar-refractivity contribution in [2.45, 2.75) is 26.3 Å². The van der Waals surface area contributed by atoms with Crippen molar-refractivity contribution in [3.63, 3.8) is 0 Å². The number of rotatable bonds is 8. The highest BCUT2D eigenvalue weighted by Gasteiger charge is 2.38. The van der Waals surface area contributed by atoms with E-state index in [4.69, 9.17) is 13.3 Å². The van der Waals surface area contributed by atoms with Crippen LogP contribution >= 0.6 is 0 Å². The van der Waals surface area contributed by atoms with E-state index in [2.05, 4.69) is 6.58 Å². The molecule has 0 aromatic rings. The molecule has 0 aromatic heterocycles. The molecule has 0 spiro atoms. The highest BCUT2D eigenvalue weighted by molar-refractivity contribution is 6.60. The summed E-state index contributed by atoms with van der Waals surface area (Å²) in [6, 6.07) is 0.814. The molecule has 0 aliphatic rings. The van der Waals surface area contributed by atoms with Crippen LogP contribution in [0.2, 0.25) is 6.04 Å². The number of hydrogen-bond acceptors (Lipinski definition) is 3. The van der Waals surface area contributed by atoms with Crippen LogP contribution in [-0.2, 0) is 13.3 Å². The summed E-state index contributed by atoms with van der Waals surface area (Å²) in [6.07, 6.45) is 2.73. The summed E-state index contributed by atoms with van der Waals surface area (Å²) in [5.41, 5.74) is 0. The molecule has 0 aliphatic heterocycles. The van der Waals surface area contributed by atoms with Crippen molar-refractivity contribution in [3.05, 3.63) is 12.7 Å². The van der Waals surface area contributed by atoms with E-state index >= 15 is 0 Å². The van der Waals surface area contributed by atoms with Crippen LogP contribution in [0.4, 0.5) is 0 Å². The fourth-order valence-corrected chi connectivity index (χ4v) is 3.37. The second kappa shape index (κ2) is 7.26. The lowest BCUT2D eigenvalue weighted by Crippen LogP contribution is -2.44. The molecule has 13 heavy (non-hydrogen) atoms. The van der Waals surface area contributed by atoms with Gasteiger partial charge in [-0.25, -0.2) is 0 Å². The Bertz CT molecular complexity index is 133. The van der Waals surface area contributed by atoms with Crippen molar-refractivity contribution in [1.29, 1.82) is 0 Å². The van der Waals surface area contributed by atoms with Gasteiger partial charge in [0.1, 0.15) is 0 Å². The minimum atomic E-state index is -2.36. The molecule has 0 aromatic carbocycles. The molecule has 4 heteroatoms. The van der Waals surface area contributed by atoms with Crippen molar-refractivity contribution < 1.29 is 13.3 Å². The fraction of sp³-hybridized carbons (Fsp3) is 0.778. The third kappa shape index (κ3) is 4.57. The Morgan fingerprint density at radius 3 is 2.08 bits per heavy atom. The second-order valence-electron chi connectivity index (χ2n) is 2.58. The zero-order valence-corrected chi connectivity index (χ0v) is 9.84. The van der Waals surface area contributed by atoms with Crippen LogP contribution in [-0.4, -0.2) is 29.1 Å². The fourth-order valence-electron chi connectivity index (χ4n) is 1.12. The number of hydrogen-bond donors (Lipinski definition) is 0. The van der Waals surface area contributed by atoms with Gasteiger partial charge in [0, 0.05) is 26.4 Å². The lowest BCUT2D eigenvalue weighted by molar-refractivity contribution is 0.0869. The first-order chi connectivity index (χ1) is 6.24. The largest absolute Gasteiger partial charge is 0.500 e. The van der Waals surface area contributed by atoms with Crippen LogP contribution in [0, 0.1) is 0 Å². The summed E-state index contributed by atoms with van der Waals surface area (Å²) >= 11 is 0. The van der Waals surface area contributed by atoms with E-state index < -0.39 is 8.80 Å². The molecule has 0 radical (unpaired) electrons. The quantitative estimate of drug-likeness (QED) is 0.448. The summed E-state index contributed by atoms with van der Waals surface area (Å²) in [5.74, 6) is 0. The lowest BCUT2D eigenvalue weighted by atomic mass is 10.5. The Morgan fingerprint density at radius 1 is 1.23 bits per heavy atom. The molecule has 0 heterocycles. The third-order valence-electron chi connectivity index (χ3n) is 1.69. The van der Waals surface area contributed by atoms with Gasteiger partial charge < -0.3 is 13.3 Å². The predicted octanol–water partition coefficient (Wildman–Crippen LogP) is 2.22. The standard InChI is InChI=1S/C9H20O3Si/c1-5-8-9-13(10-4,11-6-2)12-7-3/h5H,1,6-9H2,2-4H3. The molecule has 0 saturated heterocycles. The Labute approximate surface area is 82.1 Å². The minimum absolute atomic E-state index is 0.636. The van der Waals surface area contributed by atoms with Crippen molar-refractivity contribution in [2.24, 2.45) is 0 Å². The molecule has 0 atom stereocenters. The summed E-state index contributed by atoms with van der Waals surface area (Å²) < 4.78 is 16.5. The topological polar surface area (TPSA) is 27.7 Å². The molecule has 0 aliphatic carbocycles. The maximum atomic E-state index is 5.57. The third-order valence-corrected chi connectivity index (χ3v) is 4.67. The van der Waals surface area contributed by atoms with Gasteiger partial charge in [0.05, 0.1) is 0 Å². The van der Waals surface area contributed by atoms with Crippen molar-refractivity contribution >= 4 is 8.80 Å². The Kier molecular flexibility index (Phi) is 7.17. The van der Waals surface area contributed by atoms with Crippen molar-refractivity contribution in [1.82, 2.24) is 0 Å². The lowest BCUT2D eigenvalue weighted by Gasteiger charge is -2.26. The Hall–Kier alpha value is -0.163. The first-order valence-corrected chi connectivity index (χ1v) is 6.61. The zero-order chi connectivity index (χ0) is 10.2. The average molecular weight is 204 g/mol. The van der Waals surface area contributed by atoms with E-state index in [0.717, 1.165) is 12.5 Å². The number of allylic oxidation sites excluding steroid dienone is 1. The van der Waals surface area contributed by atoms with Gasteiger partial charge in [-0.05, 0) is 20.3 Å². The molecular weight excluding hydrogens is 184 g/mol. The molecular formula is C9H20O3Si. The van der Waals surface area contributed by atoms with Crippen LogP contribution in [0.25, 0.3) is 0 Å².